The van der Waals surface area contributed by atoms with E-state index < -0.39 is 0 Å². The third-order valence-electron chi connectivity index (χ3n) is 0.906. The second kappa shape index (κ2) is 2.95. The summed E-state index contributed by atoms with van der Waals surface area (Å²) in [4.78, 5) is 0. The van der Waals surface area contributed by atoms with Gasteiger partial charge in [-0.3, -0.25) is 0 Å². The molecule has 0 unspecified atom stereocenters. The van der Waals surface area contributed by atoms with Crippen molar-refractivity contribution in [1.82, 2.24) is 0 Å². The van der Waals surface area contributed by atoms with Crippen LogP contribution in [0, 0.1) is 6.92 Å². The van der Waals surface area contributed by atoms with E-state index in [-0.39, 0.29) is 0 Å². The molecule has 0 bridgehead atoms. The Morgan fingerprint density at radius 3 is 2.33 bits per heavy atom. The van der Waals surface area contributed by atoms with E-state index in [0.29, 0.717) is 0 Å². The van der Waals surface area contributed by atoms with E-state index >= 15 is 0 Å². The van der Waals surface area contributed by atoms with E-state index in [1.807, 2.05) is 6.08 Å². The summed E-state index contributed by atoms with van der Waals surface area (Å²) in [5.41, 5.74) is 1.36. The average molecular weight is 83.2 g/mol. The first-order chi connectivity index (χ1) is 2.81. The molecule has 0 heteroatoms. The Morgan fingerprint density at radius 2 is 2.33 bits per heavy atom. The van der Waals surface area contributed by atoms with Crippen molar-refractivity contribution >= 4 is 0 Å². The first kappa shape index (κ1) is 5.74. The minimum Gasteiger partial charge on any atom is -0.0853 e. The summed E-state index contributed by atoms with van der Waals surface area (Å²) in [6.45, 7) is 7.79. The highest BCUT2D eigenvalue weighted by atomic mass is 13.8. The van der Waals surface area contributed by atoms with Crippen molar-refractivity contribution in [2.45, 2.75) is 20.3 Å². The van der Waals surface area contributed by atoms with Gasteiger partial charge in [-0.15, -0.1) is 0 Å². The van der Waals surface area contributed by atoms with E-state index in [4.69, 9.17) is 0 Å². The zero-order chi connectivity index (χ0) is 4.99. The first-order valence-electron chi connectivity index (χ1n) is 2.26. The van der Waals surface area contributed by atoms with Crippen molar-refractivity contribution in [2.24, 2.45) is 0 Å². The second-order valence-corrected chi connectivity index (χ2v) is 1.40. The Labute approximate surface area is 39.9 Å². The molecule has 1 radical (unpaired) electrons. The zero-order valence-electron chi connectivity index (χ0n) is 4.49. The van der Waals surface area contributed by atoms with Gasteiger partial charge in [0.2, 0.25) is 0 Å². The van der Waals surface area contributed by atoms with Gasteiger partial charge in [0.25, 0.3) is 0 Å². The molecule has 0 spiro atoms. The maximum atomic E-state index is 3.59. The summed E-state index contributed by atoms with van der Waals surface area (Å²) < 4.78 is 0. The normalized spacial score (nSPS) is 12.2. The van der Waals surface area contributed by atoms with Gasteiger partial charge in [-0.1, -0.05) is 18.6 Å². The molecule has 0 nitrogen and oxygen atoms in total. The summed E-state index contributed by atoms with van der Waals surface area (Å²) in [6.07, 6.45) is 3.02. The molecular formula is C6H11. The lowest BCUT2D eigenvalue weighted by atomic mass is 10.2. The van der Waals surface area contributed by atoms with Gasteiger partial charge >= 0.3 is 0 Å². The quantitative estimate of drug-likeness (QED) is 0.455. The fourth-order valence-corrected chi connectivity index (χ4v) is 0.144. The van der Waals surface area contributed by atoms with Gasteiger partial charge in [0.15, 0.2) is 0 Å². The summed E-state index contributed by atoms with van der Waals surface area (Å²) in [6, 6.07) is 0. The maximum Gasteiger partial charge on any atom is -0.0313 e. The molecule has 0 N–H and O–H groups in total. The van der Waals surface area contributed by atoms with Gasteiger partial charge in [-0.2, -0.15) is 0 Å². The van der Waals surface area contributed by atoms with Crippen LogP contribution in [0.4, 0.5) is 0 Å². The standard InChI is InChI=1S/C6H11/c1-4-6(3)5-2/h4H,1,5H2,2-3H3/b6-4-. The van der Waals surface area contributed by atoms with Crippen LogP contribution in [0.15, 0.2) is 11.6 Å². The molecule has 0 aromatic carbocycles. The van der Waals surface area contributed by atoms with E-state index in [1.54, 1.807) is 0 Å². The van der Waals surface area contributed by atoms with Gasteiger partial charge in [0.1, 0.15) is 0 Å². The van der Waals surface area contributed by atoms with Gasteiger partial charge in [-0.05, 0) is 20.3 Å². The number of allylic oxidation sites excluding steroid dienone is 2. The van der Waals surface area contributed by atoms with Crippen molar-refractivity contribution < 1.29 is 0 Å². The minimum atomic E-state index is 1.13. The number of hydrogen-bond donors (Lipinski definition) is 0. The van der Waals surface area contributed by atoms with Gasteiger partial charge in [0, 0.05) is 0 Å². The highest BCUT2D eigenvalue weighted by Gasteiger charge is 1.73. The van der Waals surface area contributed by atoms with Gasteiger partial charge in [-0.25, -0.2) is 0 Å². The third-order valence-corrected chi connectivity index (χ3v) is 0.906. The Bertz CT molecular complexity index is 51.1. The smallest absolute Gasteiger partial charge is 0.0313 e. The Morgan fingerprint density at radius 1 is 1.83 bits per heavy atom. The Balaban J connectivity index is 3.22. The highest BCUT2D eigenvalue weighted by molar-refractivity contribution is 4.97. The van der Waals surface area contributed by atoms with Crippen LogP contribution in [-0.4, -0.2) is 0 Å². The lowest BCUT2D eigenvalue weighted by Crippen LogP contribution is -1.64. The van der Waals surface area contributed by atoms with Crippen LogP contribution in [0.1, 0.15) is 20.3 Å². The predicted octanol–water partition coefficient (Wildman–Crippen LogP) is 2.18. The molecule has 0 aliphatic rings. The molecule has 0 amide bonds. The maximum absolute atomic E-state index is 3.59. The van der Waals surface area contributed by atoms with Crippen LogP contribution in [0.2, 0.25) is 0 Å². The zero-order valence-corrected chi connectivity index (χ0v) is 4.49. The van der Waals surface area contributed by atoms with E-state index in [9.17, 15) is 0 Å². The van der Waals surface area contributed by atoms with Gasteiger partial charge in [0.05, 0.1) is 0 Å². The second-order valence-electron chi connectivity index (χ2n) is 1.40. The number of rotatable bonds is 1. The third kappa shape index (κ3) is 2.01. The molecule has 0 aliphatic carbocycles. The van der Waals surface area contributed by atoms with Crippen molar-refractivity contribution in [3.05, 3.63) is 18.6 Å². The predicted molar refractivity (Wildman–Crippen MR) is 29.4 cm³/mol. The summed E-state index contributed by atoms with van der Waals surface area (Å²) >= 11 is 0. The fourth-order valence-electron chi connectivity index (χ4n) is 0.144. The van der Waals surface area contributed by atoms with Gasteiger partial charge < -0.3 is 0 Å². The Kier molecular flexibility index (Phi) is 2.82. The van der Waals surface area contributed by atoms with Crippen LogP contribution >= 0.6 is 0 Å². The van der Waals surface area contributed by atoms with Crippen LogP contribution < -0.4 is 0 Å². The molecule has 6 heavy (non-hydrogen) atoms. The van der Waals surface area contributed by atoms with Crippen LogP contribution in [-0.2, 0) is 0 Å². The number of hydrogen-bond acceptors (Lipinski definition) is 0. The molecule has 0 saturated heterocycles. The van der Waals surface area contributed by atoms with Crippen molar-refractivity contribution in [1.29, 1.82) is 0 Å². The molecular weight excluding hydrogens is 72.1 g/mol. The largest absolute Gasteiger partial charge is 0.0853 e. The molecule has 0 atom stereocenters. The molecule has 0 rings (SSSR count). The van der Waals surface area contributed by atoms with Crippen LogP contribution in [0.5, 0.6) is 0 Å². The van der Waals surface area contributed by atoms with Crippen molar-refractivity contribution in [3.8, 4) is 0 Å². The van der Waals surface area contributed by atoms with Crippen molar-refractivity contribution in [3.63, 3.8) is 0 Å². The minimum absolute atomic E-state index is 1.13. The molecule has 0 aliphatic heterocycles. The Hall–Kier alpha value is -0.260. The summed E-state index contributed by atoms with van der Waals surface area (Å²) in [7, 11) is 0. The average Bonchev–Trinajstić information content (AvgIpc) is 1.65. The molecule has 0 aromatic heterocycles. The van der Waals surface area contributed by atoms with Crippen LogP contribution in [0.3, 0.4) is 0 Å². The molecule has 0 saturated carbocycles. The van der Waals surface area contributed by atoms with E-state index in [2.05, 4.69) is 20.8 Å². The topological polar surface area (TPSA) is 0 Å². The lowest BCUT2D eigenvalue weighted by molar-refractivity contribution is 1.10. The van der Waals surface area contributed by atoms with Crippen molar-refractivity contribution in [2.75, 3.05) is 0 Å². The first-order valence-corrected chi connectivity index (χ1v) is 2.26. The molecule has 0 fully saturated rings. The SMILES string of the molecule is [CH2]/C=C(/C)CC. The monoisotopic (exact) mass is 83.1 g/mol. The van der Waals surface area contributed by atoms with E-state index in [1.165, 1.54) is 5.57 Å². The molecule has 35 valence electrons. The highest BCUT2D eigenvalue weighted by Crippen LogP contribution is 1.93. The molecule has 0 aromatic rings. The lowest BCUT2D eigenvalue weighted by Gasteiger charge is -1.84. The van der Waals surface area contributed by atoms with Crippen LogP contribution in [0.25, 0.3) is 0 Å². The van der Waals surface area contributed by atoms with E-state index in [0.717, 1.165) is 6.42 Å². The summed E-state index contributed by atoms with van der Waals surface area (Å²) in [5, 5.41) is 0. The molecule has 0 heterocycles. The summed E-state index contributed by atoms with van der Waals surface area (Å²) in [5.74, 6) is 0. The fraction of sp³-hybridized carbons (Fsp3) is 0.500.